The van der Waals surface area contributed by atoms with Crippen molar-refractivity contribution in [2.24, 2.45) is 5.73 Å². The van der Waals surface area contributed by atoms with Gasteiger partial charge >= 0.3 is 5.97 Å². The Bertz CT molecular complexity index is 211. The van der Waals surface area contributed by atoms with Crippen molar-refractivity contribution in [3.05, 3.63) is 0 Å². The molecule has 1 saturated heterocycles. The van der Waals surface area contributed by atoms with Crippen molar-refractivity contribution in [3.8, 4) is 0 Å². The summed E-state index contributed by atoms with van der Waals surface area (Å²) < 4.78 is 10.1. The fraction of sp³-hybridized carbons (Fsp3) is 0.900. The van der Waals surface area contributed by atoms with Crippen LogP contribution in [0.1, 0.15) is 13.3 Å². The van der Waals surface area contributed by atoms with Gasteiger partial charge in [0.05, 0.1) is 12.7 Å². The number of rotatable bonds is 5. The van der Waals surface area contributed by atoms with Crippen LogP contribution in [0.15, 0.2) is 0 Å². The van der Waals surface area contributed by atoms with Crippen LogP contribution in [0.3, 0.4) is 0 Å². The number of hydrogen-bond acceptors (Lipinski definition) is 5. The molecule has 2 N–H and O–H groups in total. The van der Waals surface area contributed by atoms with Gasteiger partial charge in [0.1, 0.15) is 6.04 Å². The van der Waals surface area contributed by atoms with Gasteiger partial charge in [-0.2, -0.15) is 0 Å². The Morgan fingerprint density at radius 2 is 2.40 bits per heavy atom. The van der Waals surface area contributed by atoms with E-state index >= 15 is 0 Å². The number of nitrogens with zero attached hydrogens (tertiary/aromatic N) is 1. The lowest BCUT2D eigenvalue weighted by Gasteiger charge is -2.19. The number of carbonyl (C=O) groups excluding carboxylic acids is 1. The molecule has 0 saturated carbocycles. The summed E-state index contributed by atoms with van der Waals surface area (Å²) >= 11 is 0. The molecule has 1 rings (SSSR count). The molecule has 2 unspecified atom stereocenters. The van der Waals surface area contributed by atoms with Crippen molar-refractivity contribution in [2.45, 2.75) is 25.5 Å². The summed E-state index contributed by atoms with van der Waals surface area (Å²) in [5.74, 6) is -0.321. The van der Waals surface area contributed by atoms with Crippen LogP contribution in [0, 0.1) is 0 Å². The lowest BCUT2D eigenvalue weighted by atomic mass is 10.3. The summed E-state index contributed by atoms with van der Waals surface area (Å²) in [5.41, 5.74) is 5.71. The number of methoxy groups -OCH3 is 1. The average molecular weight is 216 g/mol. The van der Waals surface area contributed by atoms with Crippen LogP contribution in [0.5, 0.6) is 0 Å². The number of likely N-dealkylation sites (tertiary alicyclic amines) is 1. The minimum Gasteiger partial charge on any atom is -0.465 e. The fourth-order valence-corrected chi connectivity index (χ4v) is 1.76. The zero-order valence-corrected chi connectivity index (χ0v) is 9.44. The molecule has 0 radical (unpaired) electrons. The van der Waals surface area contributed by atoms with E-state index in [1.165, 1.54) is 0 Å². The van der Waals surface area contributed by atoms with Gasteiger partial charge < -0.3 is 15.2 Å². The molecule has 0 bridgehead atoms. The summed E-state index contributed by atoms with van der Waals surface area (Å²) in [5, 5.41) is 0. The number of ether oxygens (including phenoxy) is 2. The molecule has 5 nitrogen and oxygen atoms in total. The number of nitrogens with two attached hydrogens (primary N) is 1. The van der Waals surface area contributed by atoms with Gasteiger partial charge in [-0.05, 0) is 13.3 Å². The molecule has 5 heteroatoms. The maximum atomic E-state index is 11.3. The molecule has 1 heterocycles. The zero-order chi connectivity index (χ0) is 11.3. The number of hydrogen-bond donors (Lipinski definition) is 1. The highest BCUT2D eigenvalue weighted by Crippen LogP contribution is 2.11. The molecule has 2 atom stereocenters. The molecule has 0 aliphatic carbocycles. The van der Waals surface area contributed by atoms with Gasteiger partial charge in [-0.25, -0.2) is 0 Å². The highest BCUT2D eigenvalue weighted by Gasteiger charge is 2.25. The summed E-state index contributed by atoms with van der Waals surface area (Å²) in [6, 6.07) is -0.541. The van der Waals surface area contributed by atoms with Gasteiger partial charge in [-0.3, -0.25) is 9.69 Å². The van der Waals surface area contributed by atoms with Gasteiger partial charge in [0.2, 0.25) is 0 Å². The topological polar surface area (TPSA) is 64.8 Å². The van der Waals surface area contributed by atoms with E-state index in [0.717, 1.165) is 19.5 Å². The van der Waals surface area contributed by atoms with E-state index in [2.05, 4.69) is 4.90 Å². The molecule has 15 heavy (non-hydrogen) atoms. The molecule has 0 aromatic rings. The largest absolute Gasteiger partial charge is 0.465 e. The third-order valence-corrected chi connectivity index (χ3v) is 2.61. The van der Waals surface area contributed by atoms with Gasteiger partial charge in [-0.15, -0.1) is 0 Å². The van der Waals surface area contributed by atoms with Crippen molar-refractivity contribution >= 4 is 5.97 Å². The van der Waals surface area contributed by atoms with Crippen molar-refractivity contribution in [2.75, 3.05) is 33.4 Å². The minimum atomic E-state index is -0.541. The van der Waals surface area contributed by atoms with E-state index in [0.29, 0.717) is 13.2 Å². The molecule has 0 aromatic heterocycles. The molecule has 0 aromatic carbocycles. The van der Waals surface area contributed by atoms with Gasteiger partial charge in [0.25, 0.3) is 0 Å². The van der Waals surface area contributed by atoms with E-state index in [4.69, 9.17) is 15.2 Å². The van der Waals surface area contributed by atoms with Crippen LogP contribution >= 0.6 is 0 Å². The molecule has 0 spiro atoms. The van der Waals surface area contributed by atoms with Crippen LogP contribution in [-0.4, -0.2) is 56.4 Å². The Morgan fingerprint density at radius 1 is 1.67 bits per heavy atom. The van der Waals surface area contributed by atoms with Crippen LogP contribution in [0.4, 0.5) is 0 Å². The lowest BCUT2D eigenvalue weighted by molar-refractivity contribution is -0.145. The Morgan fingerprint density at radius 3 is 2.93 bits per heavy atom. The first-order valence-corrected chi connectivity index (χ1v) is 5.34. The summed E-state index contributed by atoms with van der Waals surface area (Å²) in [7, 11) is 1.71. The average Bonchev–Trinajstić information content (AvgIpc) is 2.66. The molecular weight excluding hydrogens is 196 g/mol. The second-order valence-electron chi connectivity index (χ2n) is 3.76. The summed E-state index contributed by atoms with van der Waals surface area (Å²) in [6.45, 7) is 4.50. The Kier molecular flexibility index (Phi) is 5.01. The second kappa shape index (κ2) is 6.05. The molecule has 1 aliphatic heterocycles. The van der Waals surface area contributed by atoms with Crippen molar-refractivity contribution < 1.29 is 14.3 Å². The maximum Gasteiger partial charge on any atom is 0.324 e. The monoisotopic (exact) mass is 216 g/mol. The Labute approximate surface area is 90.5 Å². The first-order valence-electron chi connectivity index (χ1n) is 5.34. The molecular formula is C10H20N2O3. The molecule has 1 fully saturated rings. The van der Waals surface area contributed by atoms with Crippen molar-refractivity contribution in [3.63, 3.8) is 0 Å². The Hall–Kier alpha value is -0.650. The number of carbonyl (C=O) groups is 1. The van der Waals surface area contributed by atoms with Gasteiger partial charge in [0, 0.05) is 26.7 Å². The van der Waals surface area contributed by atoms with E-state index < -0.39 is 6.04 Å². The van der Waals surface area contributed by atoms with Crippen molar-refractivity contribution in [1.82, 2.24) is 4.90 Å². The highest BCUT2D eigenvalue weighted by molar-refractivity contribution is 5.75. The van der Waals surface area contributed by atoms with Crippen molar-refractivity contribution in [1.29, 1.82) is 0 Å². The maximum absolute atomic E-state index is 11.3. The minimum absolute atomic E-state index is 0.277. The van der Waals surface area contributed by atoms with E-state index in [9.17, 15) is 4.79 Å². The van der Waals surface area contributed by atoms with Gasteiger partial charge in [-0.1, -0.05) is 0 Å². The zero-order valence-electron chi connectivity index (χ0n) is 9.44. The quantitative estimate of drug-likeness (QED) is 0.633. The third kappa shape index (κ3) is 3.77. The van der Waals surface area contributed by atoms with Crippen LogP contribution in [-0.2, 0) is 14.3 Å². The normalized spacial score (nSPS) is 24.1. The lowest BCUT2D eigenvalue weighted by Crippen LogP contribution is -2.43. The first kappa shape index (κ1) is 12.4. The third-order valence-electron chi connectivity index (χ3n) is 2.61. The van der Waals surface area contributed by atoms with Crippen LogP contribution in [0.25, 0.3) is 0 Å². The number of esters is 1. The first-order chi connectivity index (χ1) is 7.17. The highest BCUT2D eigenvalue weighted by atomic mass is 16.5. The molecule has 88 valence electrons. The predicted octanol–water partition coefficient (Wildman–Crippen LogP) is -0.402. The van der Waals surface area contributed by atoms with E-state index in [1.54, 1.807) is 14.0 Å². The second-order valence-corrected chi connectivity index (χ2v) is 3.76. The standard InChI is InChI=1S/C10H20N2O3/c1-3-15-10(13)9(11)7-12-5-4-8(6-12)14-2/h8-9H,3-7,11H2,1-2H3. The van der Waals surface area contributed by atoms with Crippen LogP contribution < -0.4 is 5.73 Å². The summed E-state index contributed by atoms with van der Waals surface area (Å²) in [4.78, 5) is 13.4. The van der Waals surface area contributed by atoms with Gasteiger partial charge in [0.15, 0.2) is 0 Å². The Balaban J connectivity index is 2.26. The smallest absolute Gasteiger partial charge is 0.324 e. The van der Waals surface area contributed by atoms with Crippen LogP contribution in [0.2, 0.25) is 0 Å². The van der Waals surface area contributed by atoms with E-state index in [1.807, 2.05) is 0 Å². The predicted molar refractivity (Wildman–Crippen MR) is 56.5 cm³/mol. The SMILES string of the molecule is CCOC(=O)C(N)CN1CCC(OC)C1. The van der Waals surface area contributed by atoms with E-state index in [-0.39, 0.29) is 12.1 Å². The molecule has 0 amide bonds. The fourth-order valence-electron chi connectivity index (χ4n) is 1.76. The molecule has 1 aliphatic rings. The summed E-state index contributed by atoms with van der Waals surface area (Å²) in [6.07, 6.45) is 1.28.